The summed E-state index contributed by atoms with van der Waals surface area (Å²) < 4.78 is 0. The number of carbonyl (C=O) groups excluding carboxylic acids is 2. The van der Waals surface area contributed by atoms with E-state index in [1.165, 1.54) is 6.92 Å². The second-order valence-electron chi connectivity index (χ2n) is 4.44. The van der Waals surface area contributed by atoms with Gasteiger partial charge in [0, 0.05) is 11.3 Å². The van der Waals surface area contributed by atoms with Crippen LogP contribution in [0.25, 0.3) is 0 Å². The van der Waals surface area contributed by atoms with Crippen molar-refractivity contribution in [2.75, 3.05) is 11.9 Å². The third kappa shape index (κ3) is 4.30. The lowest BCUT2D eigenvalue weighted by molar-refractivity contribution is -0.673. The van der Waals surface area contributed by atoms with E-state index in [-0.39, 0.29) is 17.7 Å². The zero-order chi connectivity index (χ0) is 13.5. The van der Waals surface area contributed by atoms with Crippen molar-refractivity contribution in [3.63, 3.8) is 0 Å². The fourth-order valence-electron chi connectivity index (χ4n) is 1.57. The van der Waals surface area contributed by atoms with E-state index in [2.05, 4.69) is 12.2 Å². The maximum atomic E-state index is 11.8. The van der Waals surface area contributed by atoms with Gasteiger partial charge in [0.05, 0.1) is 6.54 Å². The van der Waals surface area contributed by atoms with Crippen LogP contribution in [0.1, 0.15) is 37.6 Å². The molecular weight excluding hydrogens is 228 g/mol. The summed E-state index contributed by atoms with van der Waals surface area (Å²) in [6, 6.07) is 6.84. The quantitative estimate of drug-likeness (QED) is 0.744. The summed E-state index contributed by atoms with van der Waals surface area (Å²) in [5.74, 6) is 0.0107. The predicted octanol–water partition coefficient (Wildman–Crippen LogP) is 1.19. The molecule has 0 aromatic heterocycles. The van der Waals surface area contributed by atoms with Gasteiger partial charge in [-0.2, -0.15) is 0 Å². The number of nitrogens with one attached hydrogen (secondary N) is 1. The zero-order valence-corrected chi connectivity index (χ0v) is 11.2. The third-order valence-electron chi connectivity index (χ3n) is 2.78. The highest BCUT2D eigenvalue weighted by Crippen LogP contribution is 2.10. The number of carbonyl (C=O) groups is 2. The molecule has 0 aliphatic heterocycles. The number of benzene rings is 1. The van der Waals surface area contributed by atoms with E-state index in [1.807, 2.05) is 12.2 Å². The van der Waals surface area contributed by atoms with Gasteiger partial charge < -0.3 is 10.6 Å². The van der Waals surface area contributed by atoms with E-state index in [0.29, 0.717) is 5.56 Å². The Bertz CT molecular complexity index is 412. The normalized spacial score (nSPS) is 11.9. The van der Waals surface area contributed by atoms with E-state index < -0.39 is 0 Å². The molecule has 1 aromatic rings. The van der Waals surface area contributed by atoms with Crippen LogP contribution in [0.4, 0.5) is 5.69 Å². The Morgan fingerprint density at radius 3 is 2.39 bits per heavy atom. The fraction of sp³-hybridized carbons (Fsp3) is 0.429. The Morgan fingerprint density at radius 2 is 1.89 bits per heavy atom. The summed E-state index contributed by atoms with van der Waals surface area (Å²) in [7, 11) is 0. The third-order valence-corrected chi connectivity index (χ3v) is 2.78. The Morgan fingerprint density at radius 1 is 1.28 bits per heavy atom. The van der Waals surface area contributed by atoms with Gasteiger partial charge in [0.25, 0.3) is 5.91 Å². The van der Waals surface area contributed by atoms with Crippen LogP contribution in [-0.2, 0) is 4.79 Å². The van der Waals surface area contributed by atoms with Gasteiger partial charge in [-0.15, -0.1) is 0 Å². The first-order valence-electron chi connectivity index (χ1n) is 6.29. The summed E-state index contributed by atoms with van der Waals surface area (Å²) in [6.07, 6.45) is 1.05. The van der Waals surface area contributed by atoms with Crippen LogP contribution < -0.4 is 10.6 Å². The first-order chi connectivity index (χ1) is 8.54. The Hall–Kier alpha value is -1.68. The molecular formula is C14H21N2O2+. The fourth-order valence-corrected chi connectivity index (χ4v) is 1.57. The summed E-state index contributed by atoms with van der Waals surface area (Å²) in [5.41, 5.74) is 1.38. The minimum atomic E-state index is -0.0996. The molecule has 4 heteroatoms. The lowest BCUT2D eigenvalue weighted by atomic mass is 10.1. The van der Waals surface area contributed by atoms with Crippen molar-refractivity contribution in [3.8, 4) is 0 Å². The van der Waals surface area contributed by atoms with Crippen molar-refractivity contribution in [3.05, 3.63) is 29.8 Å². The van der Waals surface area contributed by atoms with Gasteiger partial charge in [-0.1, -0.05) is 6.92 Å². The zero-order valence-electron chi connectivity index (χ0n) is 11.2. The van der Waals surface area contributed by atoms with Gasteiger partial charge in [0.1, 0.15) is 0 Å². The van der Waals surface area contributed by atoms with Crippen molar-refractivity contribution in [1.82, 2.24) is 0 Å². The van der Waals surface area contributed by atoms with Gasteiger partial charge >= 0.3 is 0 Å². The maximum absolute atomic E-state index is 11.8. The number of nitrogens with two attached hydrogens (primary N) is 1. The van der Waals surface area contributed by atoms with Gasteiger partial charge in [0.15, 0.2) is 11.8 Å². The standard InChI is InChI=1S/C14H20N2O2/c1-4-9-15-10(2)14(18)16-13-7-5-12(6-8-13)11(3)17/h5-8,10,15H,4,9H2,1-3H3,(H,16,18)/p+1/t10-/m1/s1. The van der Waals surface area contributed by atoms with Crippen LogP contribution in [0, 0.1) is 0 Å². The van der Waals surface area contributed by atoms with E-state index in [9.17, 15) is 9.59 Å². The predicted molar refractivity (Wildman–Crippen MR) is 71.6 cm³/mol. The topological polar surface area (TPSA) is 62.8 Å². The molecule has 1 atom stereocenters. The number of quaternary nitrogens is 1. The first-order valence-corrected chi connectivity index (χ1v) is 6.29. The van der Waals surface area contributed by atoms with Crippen molar-refractivity contribution >= 4 is 17.4 Å². The summed E-state index contributed by atoms with van der Waals surface area (Å²) in [6.45, 7) is 6.43. The smallest absolute Gasteiger partial charge is 0.282 e. The van der Waals surface area contributed by atoms with Gasteiger partial charge in [-0.25, -0.2) is 0 Å². The molecule has 1 amide bonds. The van der Waals surface area contributed by atoms with Gasteiger partial charge in [-0.05, 0) is 44.5 Å². The van der Waals surface area contributed by atoms with E-state index >= 15 is 0 Å². The molecule has 0 fully saturated rings. The Balaban J connectivity index is 2.56. The largest absolute Gasteiger partial charge is 0.336 e. The maximum Gasteiger partial charge on any atom is 0.282 e. The van der Waals surface area contributed by atoms with Crippen molar-refractivity contribution in [2.24, 2.45) is 0 Å². The SMILES string of the molecule is CCC[NH2+][C@H](C)C(=O)Nc1ccc(C(C)=O)cc1. The molecule has 98 valence electrons. The summed E-state index contributed by atoms with van der Waals surface area (Å²) >= 11 is 0. The summed E-state index contributed by atoms with van der Waals surface area (Å²) in [4.78, 5) is 22.9. The van der Waals surface area contributed by atoms with E-state index in [0.717, 1.165) is 18.7 Å². The first kappa shape index (κ1) is 14.4. The average molecular weight is 249 g/mol. The lowest BCUT2D eigenvalue weighted by Gasteiger charge is -2.11. The highest BCUT2D eigenvalue weighted by Gasteiger charge is 2.15. The number of Topliss-reactive ketones (excluding diaryl/α,β-unsaturated/α-hetero) is 1. The van der Waals surface area contributed by atoms with Gasteiger partial charge in [-0.3, -0.25) is 9.59 Å². The number of rotatable bonds is 6. The van der Waals surface area contributed by atoms with Crippen LogP contribution in [0.2, 0.25) is 0 Å². The van der Waals surface area contributed by atoms with Gasteiger partial charge in [0.2, 0.25) is 0 Å². The van der Waals surface area contributed by atoms with E-state index in [4.69, 9.17) is 0 Å². The molecule has 4 nitrogen and oxygen atoms in total. The second kappa shape index (κ2) is 6.91. The Labute approximate surface area is 108 Å². The molecule has 18 heavy (non-hydrogen) atoms. The molecule has 0 radical (unpaired) electrons. The number of amides is 1. The van der Waals surface area contributed by atoms with Crippen LogP contribution in [0.3, 0.4) is 0 Å². The number of ketones is 1. The van der Waals surface area contributed by atoms with E-state index in [1.54, 1.807) is 24.3 Å². The van der Waals surface area contributed by atoms with Crippen LogP contribution in [0.15, 0.2) is 24.3 Å². The average Bonchev–Trinajstić information content (AvgIpc) is 2.36. The highest BCUT2D eigenvalue weighted by atomic mass is 16.2. The molecule has 0 saturated heterocycles. The molecule has 3 N–H and O–H groups in total. The molecule has 1 rings (SSSR count). The van der Waals surface area contributed by atoms with Crippen LogP contribution in [0.5, 0.6) is 0 Å². The summed E-state index contributed by atoms with van der Waals surface area (Å²) in [5, 5.41) is 4.85. The van der Waals surface area contributed by atoms with Crippen molar-refractivity contribution in [1.29, 1.82) is 0 Å². The highest BCUT2D eigenvalue weighted by molar-refractivity contribution is 5.96. The molecule has 0 aliphatic carbocycles. The second-order valence-corrected chi connectivity index (χ2v) is 4.44. The molecule has 1 aromatic carbocycles. The molecule has 0 bridgehead atoms. The molecule has 0 saturated carbocycles. The minimum Gasteiger partial charge on any atom is -0.336 e. The minimum absolute atomic E-state index is 0.0148. The number of anilines is 1. The van der Waals surface area contributed by atoms with Crippen molar-refractivity contribution < 1.29 is 14.9 Å². The monoisotopic (exact) mass is 249 g/mol. The number of hydrogen-bond donors (Lipinski definition) is 2. The molecule has 0 unspecified atom stereocenters. The van der Waals surface area contributed by atoms with Crippen LogP contribution in [-0.4, -0.2) is 24.3 Å². The van der Waals surface area contributed by atoms with Crippen molar-refractivity contribution in [2.45, 2.75) is 33.2 Å². The molecule has 0 heterocycles. The lowest BCUT2D eigenvalue weighted by Crippen LogP contribution is -2.91. The molecule has 0 aliphatic rings. The Kier molecular flexibility index (Phi) is 5.52. The van der Waals surface area contributed by atoms with Crippen LogP contribution >= 0.6 is 0 Å². The molecule has 0 spiro atoms. The number of hydrogen-bond acceptors (Lipinski definition) is 2.